The molecule has 27 heavy (non-hydrogen) atoms. The molecule has 3 aromatic rings. The van der Waals surface area contributed by atoms with Gasteiger partial charge in [-0.15, -0.1) is 0 Å². The number of anilines is 1. The van der Waals surface area contributed by atoms with E-state index in [4.69, 9.17) is 4.52 Å². The fourth-order valence-electron chi connectivity index (χ4n) is 2.48. The summed E-state index contributed by atoms with van der Waals surface area (Å²) in [6, 6.07) is 13.1. The van der Waals surface area contributed by atoms with Crippen molar-refractivity contribution >= 4 is 17.3 Å². The Morgan fingerprint density at radius 1 is 1.26 bits per heavy atom. The molecular formula is C18H16N4O5. The van der Waals surface area contributed by atoms with Gasteiger partial charge in [-0.25, -0.2) is 4.79 Å². The molecule has 0 spiro atoms. The molecule has 0 saturated heterocycles. The van der Waals surface area contributed by atoms with Gasteiger partial charge in [0.15, 0.2) is 5.82 Å². The lowest BCUT2D eigenvalue weighted by Crippen LogP contribution is -2.11. The molecule has 9 heteroatoms. The van der Waals surface area contributed by atoms with E-state index < -0.39 is 10.9 Å². The lowest BCUT2D eigenvalue weighted by atomic mass is 10.1. The second-order valence-corrected chi connectivity index (χ2v) is 5.67. The molecule has 2 aromatic carbocycles. The van der Waals surface area contributed by atoms with Crippen LogP contribution in [0.4, 0.5) is 11.4 Å². The lowest BCUT2D eigenvalue weighted by Gasteiger charge is -2.12. The summed E-state index contributed by atoms with van der Waals surface area (Å²) in [5.41, 5.74) is 0.815. The molecule has 0 bridgehead atoms. The molecule has 0 aliphatic rings. The van der Waals surface area contributed by atoms with Crippen LogP contribution in [0.1, 0.15) is 29.1 Å². The SMILES string of the molecule is COC(=O)c1cc(NC(C)c2noc(-c3ccccc3)n2)ccc1[N+](=O)[O-]. The fourth-order valence-corrected chi connectivity index (χ4v) is 2.48. The van der Waals surface area contributed by atoms with Crippen LogP contribution < -0.4 is 5.32 Å². The molecule has 0 aliphatic heterocycles. The molecule has 0 fully saturated rings. The van der Waals surface area contributed by atoms with E-state index >= 15 is 0 Å². The Morgan fingerprint density at radius 3 is 2.67 bits per heavy atom. The van der Waals surface area contributed by atoms with Gasteiger partial charge in [0, 0.05) is 17.3 Å². The van der Waals surface area contributed by atoms with E-state index in [9.17, 15) is 14.9 Å². The van der Waals surface area contributed by atoms with Crippen molar-refractivity contribution in [1.82, 2.24) is 10.1 Å². The number of aromatic nitrogens is 2. The largest absolute Gasteiger partial charge is 0.465 e. The predicted molar refractivity (Wildman–Crippen MR) is 96.2 cm³/mol. The summed E-state index contributed by atoms with van der Waals surface area (Å²) in [5.74, 6) is 0.00829. The monoisotopic (exact) mass is 368 g/mol. The number of nitro groups is 1. The van der Waals surface area contributed by atoms with E-state index in [1.54, 1.807) is 6.92 Å². The molecule has 1 atom stereocenters. The number of carbonyl (C=O) groups excluding carboxylic acids is 1. The Labute approximate surface area is 154 Å². The van der Waals surface area contributed by atoms with Gasteiger partial charge in [0.2, 0.25) is 0 Å². The number of nitrogens with one attached hydrogen (secondary N) is 1. The Hall–Kier alpha value is -3.75. The van der Waals surface area contributed by atoms with Gasteiger partial charge < -0.3 is 14.6 Å². The molecule has 1 unspecified atom stereocenters. The highest BCUT2D eigenvalue weighted by atomic mass is 16.6. The minimum atomic E-state index is -0.788. The van der Waals surface area contributed by atoms with Crippen molar-refractivity contribution in [1.29, 1.82) is 0 Å². The van der Waals surface area contributed by atoms with Gasteiger partial charge in [-0.3, -0.25) is 10.1 Å². The second-order valence-electron chi connectivity index (χ2n) is 5.67. The van der Waals surface area contributed by atoms with Gasteiger partial charge >= 0.3 is 5.97 Å². The number of benzene rings is 2. The molecular weight excluding hydrogens is 352 g/mol. The maximum Gasteiger partial charge on any atom is 0.344 e. The van der Waals surface area contributed by atoms with E-state index in [0.29, 0.717) is 17.4 Å². The third-order valence-corrected chi connectivity index (χ3v) is 3.83. The van der Waals surface area contributed by atoms with Crippen LogP contribution in [0.3, 0.4) is 0 Å². The molecule has 0 radical (unpaired) electrons. The molecule has 9 nitrogen and oxygen atoms in total. The highest BCUT2D eigenvalue weighted by Crippen LogP contribution is 2.26. The highest BCUT2D eigenvalue weighted by molar-refractivity contribution is 5.95. The van der Waals surface area contributed by atoms with Crippen molar-refractivity contribution in [3.63, 3.8) is 0 Å². The van der Waals surface area contributed by atoms with Crippen LogP contribution in [-0.2, 0) is 4.74 Å². The summed E-state index contributed by atoms with van der Waals surface area (Å²) in [7, 11) is 1.17. The number of hydrogen-bond donors (Lipinski definition) is 1. The van der Waals surface area contributed by atoms with Gasteiger partial charge in [0.05, 0.1) is 18.1 Å². The molecule has 1 aromatic heterocycles. The van der Waals surface area contributed by atoms with E-state index in [2.05, 4.69) is 20.2 Å². The van der Waals surface area contributed by atoms with Gasteiger partial charge in [0.1, 0.15) is 5.56 Å². The van der Waals surface area contributed by atoms with E-state index in [1.165, 1.54) is 25.3 Å². The quantitative estimate of drug-likeness (QED) is 0.398. The van der Waals surface area contributed by atoms with Crippen molar-refractivity contribution in [2.45, 2.75) is 13.0 Å². The third kappa shape index (κ3) is 3.92. The van der Waals surface area contributed by atoms with Gasteiger partial charge in [-0.2, -0.15) is 4.98 Å². The minimum absolute atomic E-state index is 0.141. The topological polar surface area (TPSA) is 120 Å². The van der Waals surface area contributed by atoms with E-state index in [-0.39, 0.29) is 17.3 Å². The number of methoxy groups -OCH3 is 1. The van der Waals surface area contributed by atoms with E-state index in [1.807, 2.05) is 30.3 Å². The Kier molecular flexibility index (Phi) is 5.11. The third-order valence-electron chi connectivity index (χ3n) is 3.83. The summed E-state index contributed by atoms with van der Waals surface area (Å²) >= 11 is 0. The number of ether oxygens (including phenoxy) is 1. The first-order chi connectivity index (χ1) is 13.0. The summed E-state index contributed by atoms with van der Waals surface area (Å²) < 4.78 is 9.89. The smallest absolute Gasteiger partial charge is 0.344 e. The van der Waals surface area contributed by atoms with Gasteiger partial charge in [-0.05, 0) is 31.2 Å². The average Bonchev–Trinajstić information content (AvgIpc) is 3.18. The number of hydrogen-bond acceptors (Lipinski definition) is 8. The number of rotatable bonds is 6. The normalized spacial score (nSPS) is 11.6. The average molecular weight is 368 g/mol. The van der Waals surface area contributed by atoms with Crippen LogP contribution in [0.2, 0.25) is 0 Å². The van der Waals surface area contributed by atoms with Gasteiger partial charge in [-0.1, -0.05) is 23.4 Å². The standard InChI is InChI=1S/C18H16N4O5/c1-11(16-20-17(27-21-16)12-6-4-3-5-7-12)19-13-8-9-15(22(24)25)14(10-13)18(23)26-2/h3-11,19H,1-2H3. The summed E-state index contributed by atoms with van der Waals surface area (Å²) in [4.78, 5) is 26.6. The van der Waals surface area contributed by atoms with Crippen LogP contribution >= 0.6 is 0 Å². The molecule has 138 valence electrons. The van der Waals surface area contributed by atoms with Crippen molar-refractivity contribution in [2.24, 2.45) is 0 Å². The van der Waals surface area contributed by atoms with Crippen LogP contribution in [0, 0.1) is 10.1 Å². The molecule has 0 saturated carbocycles. The first-order valence-corrected chi connectivity index (χ1v) is 8.02. The molecule has 1 heterocycles. The first kappa shape index (κ1) is 18.1. The number of nitrogens with zero attached hydrogens (tertiary/aromatic N) is 3. The Balaban J connectivity index is 1.82. The minimum Gasteiger partial charge on any atom is -0.465 e. The highest BCUT2D eigenvalue weighted by Gasteiger charge is 2.22. The van der Waals surface area contributed by atoms with Crippen molar-refractivity contribution in [3.05, 3.63) is 70.0 Å². The number of nitro benzene ring substituents is 1. The fraction of sp³-hybridized carbons (Fsp3) is 0.167. The lowest BCUT2D eigenvalue weighted by molar-refractivity contribution is -0.385. The van der Waals surface area contributed by atoms with Crippen LogP contribution in [0.5, 0.6) is 0 Å². The zero-order valence-corrected chi connectivity index (χ0v) is 14.6. The van der Waals surface area contributed by atoms with Crippen molar-refractivity contribution in [3.8, 4) is 11.5 Å². The van der Waals surface area contributed by atoms with Crippen LogP contribution in [-0.4, -0.2) is 28.1 Å². The summed E-state index contributed by atoms with van der Waals surface area (Å²) in [5, 5.41) is 18.1. The predicted octanol–water partition coefficient (Wildman–Crippen LogP) is 3.60. The maximum absolute atomic E-state index is 11.8. The van der Waals surface area contributed by atoms with E-state index in [0.717, 1.165) is 5.56 Å². The molecule has 0 aliphatic carbocycles. The van der Waals surface area contributed by atoms with Crippen molar-refractivity contribution < 1.29 is 19.0 Å². The second kappa shape index (κ2) is 7.65. The van der Waals surface area contributed by atoms with Crippen LogP contribution in [0.15, 0.2) is 53.1 Å². The molecule has 0 amide bonds. The van der Waals surface area contributed by atoms with Crippen molar-refractivity contribution in [2.75, 3.05) is 12.4 Å². The first-order valence-electron chi connectivity index (χ1n) is 8.02. The molecule has 1 N–H and O–H groups in total. The number of esters is 1. The summed E-state index contributed by atoms with van der Waals surface area (Å²) in [6.07, 6.45) is 0. The maximum atomic E-state index is 11.8. The van der Waals surface area contributed by atoms with Gasteiger partial charge in [0.25, 0.3) is 11.6 Å². The molecule has 3 rings (SSSR count). The van der Waals surface area contributed by atoms with Crippen LogP contribution in [0.25, 0.3) is 11.5 Å². The zero-order chi connectivity index (χ0) is 19.4. The Morgan fingerprint density at radius 2 is 2.00 bits per heavy atom. The number of carbonyl (C=O) groups is 1. The zero-order valence-electron chi connectivity index (χ0n) is 14.6. The Bertz CT molecular complexity index is 971. The summed E-state index contributed by atoms with van der Waals surface area (Å²) in [6.45, 7) is 1.80.